The number of aliphatic hydroxyl groups is 2. The summed E-state index contributed by atoms with van der Waals surface area (Å²) in [4.78, 5) is 12.3. The standard InChI is InChI=1S/C24H36FNO5S/c1-2-31-24(29)8-6-4-3-5-7-21-20(22(26-30)15-23(21)28)14-11-18(27)16-32-19-12-9-17(25)10-13-19/h9-10,12-13,18,20-21,23,27-28,30H,2-8,11,14-16H2,1H3/b26-22-/t18-,20?,21-,23+/m1/s1. The van der Waals surface area contributed by atoms with Gasteiger partial charge < -0.3 is 20.2 Å². The second kappa shape index (κ2) is 14.5. The fraction of sp³-hybridized carbons (Fsp3) is 0.667. The molecule has 6 nitrogen and oxygen atoms in total. The van der Waals surface area contributed by atoms with E-state index in [-0.39, 0.29) is 23.6 Å². The number of carbonyl (C=O) groups is 1. The van der Waals surface area contributed by atoms with E-state index in [2.05, 4.69) is 5.16 Å². The normalized spacial score (nSPS) is 22.9. The van der Waals surface area contributed by atoms with Gasteiger partial charge in [-0.3, -0.25) is 4.79 Å². The smallest absolute Gasteiger partial charge is 0.305 e. The molecule has 0 spiro atoms. The quantitative estimate of drug-likeness (QED) is 0.119. The molecule has 8 heteroatoms. The molecule has 1 aromatic rings. The highest BCUT2D eigenvalue weighted by Gasteiger charge is 2.39. The van der Waals surface area contributed by atoms with Crippen LogP contribution in [-0.2, 0) is 9.53 Å². The number of aliphatic hydroxyl groups excluding tert-OH is 2. The molecule has 0 amide bonds. The highest BCUT2D eigenvalue weighted by atomic mass is 32.2. The lowest BCUT2D eigenvalue weighted by atomic mass is 9.85. The van der Waals surface area contributed by atoms with Gasteiger partial charge in [-0.1, -0.05) is 24.4 Å². The lowest BCUT2D eigenvalue weighted by molar-refractivity contribution is -0.143. The Labute approximate surface area is 194 Å². The average molecular weight is 470 g/mol. The summed E-state index contributed by atoms with van der Waals surface area (Å²) in [5.41, 5.74) is 0.614. The van der Waals surface area contributed by atoms with Crippen LogP contribution in [0.15, 0.2) is 34.3 Å². The van der Waals surface area contributed by atoms with Gasteiger partial charge in [-0.25, -0.2) is 4.39 Å². The second-order valence-electron chi connectivity index (χ2n) is 8.39. The molecule has 1 unspecified atom stereocenters. The molecule has 180 valence electrons. The van der Waals surface area contributed by atoms with Crippen LogP contribution in [0.3, 0.4) is 0 Å². The molecule has 0 aliphatic heterocycles. The van der Waals surface area contributed by atoms with E-state index in [0.717, 1.165) is 37.0 Å². The molecule has 3 N–H and O–H groups in total. The zero-order valence-corrected chi connectivity index (χ0v) is 19.6. The minimum atomic E-state index is -0.536. The van der Waals surface area contributed by atoms with Crippen molar-refractivity contribution in [1.82, 2.24) is 0 Å². The number of nitrogens with zero attached hydrogens (tertiary/aromatic N) is 1. The van der Waals surface area contributed by atoms with Crippen LogP contribution in [0.4, 0.5) is 4.39 Å². The van der Waals surface area contributed by atoms with Gasteiger partial charge in [-0.05, 0) is 62.8 Å². The Bertz CT molecular complexity index is 715. The van der Waals surface area contributed by atoms with Crippen molar-refractivity contribution in [3.8, 4) is 0 Å². The van der Waals surface area contributed by atoms with Crippen molar-refractivity contribution < 1.29 is 29.3 Å². The Kier molecular flexibility index (Phi) is 12.1. The first-order chi connectivity index (χ1) is 15.4. The Morgan fingerprint density at radius 1 is 1.22 bits per heavy atom. The van der Waals surface area contributed by atoms with Gasteiger partial charge in [0.05, 0.1) is 24.5 Å². The molecule has 0 bridgehead atoms. The molecular formula is C24H36FNO5S. The number of carbonyl (C=O) groups excluding carboxylic acids is 1. The van der Waals surface area contributed by atoms with Crippen molar-refractivity contribution in [2.45, 2.75) is 81.8 Å². The van der Waals surface area contributed by atoms with E-state index in [0.29, 0.717) is 43.8 Å². The Balaban J connectivity index is 1.73. The summed E-state index contributed by atoms with van der Waals surface area (Å²) in [6.45, 7) is 2.21. The summed E-state index contributed by atoms with van der Waals surface area (Å²) < 4.78 is 17.9. The number of oxime groups is 1. The summed E-state index contributed by atoms with van der Waals surface area (Å²) in [6, 6.07) is 6.19. The maximum Gasteiger partial charge on any atom is 0.305 e. The maximum absolute atomic E-state index is 13.0. The fourth-order valence-electron chi connectivity index (χ4n) is 4.34. The summed E-state index contributed by atoms with van der Waals surface area (Å²) in [6.07, 6.45) is 5.40. The van der Waals surface area contributed by atoms with Crippen LogP contribution in [0.25, 0.3) is 0 Å². The molecule has 2 rings (SSSR count). The Morgan fingerprint density at radius 2 is 1.94 bits per heavy atom. The van der Waals surface area contributed by atoms with Gasteiger partial charge >= 0.3 is 5.97 Å². The van der Waals surface area contributed by atoms with Crippen LogP contribution in [-0.4, -0.2) is 51.7 Å². The fourth-order valence-corrected chi connectivity index (χ4v) is 5.22. The molecule has 1 aromatic carbocycles. The molecule has 1 saturated carbocycles. The third-order valence-electron chi connectivity index (χ3n) is 6.03. The summed E-state index contributed by atoms with van der Waals surface area (Å²) in [7, 11) is 0. The molecule has 1 fully saturated rings. The minimum absolute atomic E-state index is 0.0166. The predicted octanol–water partition coefficient (Wildman–Crippen LogP) is 4.79. The minimum Gasteiger partial charge on any atom is -0.466 e. The van der Waals surface area contributed by atoms with E-state index in [1.807, 2.05) is 0 Å². The molecule has 1 aliphatic carbocycles. The van der Waals surface area contributed by atoms with Gasteiger partial charge in [0.15, 0.2) is 0 Å². The van der Waals surface area contributed by atoms with Crippen LogP contribution in [0.1, 0.15) is 64.7 Å². The van der Waals surface area contributed by atoms with Gasteiger partial charge in [-0.2, -0.15) is 0 Å². The molecule has 32 heavy (non-hydrogen) atoms. The zero-order valence-electron chi connectivity index (χ0n) is 18.8. The van der Waals surface area contributed by atoms with Crippen molar-refractivity contribution in [3.63, 3.8) is 0 Å². The molecule has 4 atom stereocenters. The maximum atomic E-state index is 13.0. The average Bonchev–Trinajstić information content (AvgIpc) is 3.08. The number of hydrogen-bond acceptors (Lipinski definition) is 7. The number of hydrogen-bond donors (Lipinski definition) is 3. The first-order valence-corrected chi connectivity index (χ1v) is 12.5. The number of unbranched alkanes of at least 4 members (excludes halogenated alkanes) is 3. The Hall–Kier alpha value is -1.64. The van der Waals surface area contributed by atoms with Crippen molar-refractivity contribution in [1.29, 1.82) is 0 Å². The predicted molar refractivity (Wildman–Crippen MR) is 124 cm³/mol. The lowest BCUT2D eigenvalue weighted by Crippen LogP contribution is -2.23. The van der Waals surface area contributed by atoms with E-state index >= 15 is 0 Å². The monoisotopic (exact) mass is 469 g/mol. The lowest BCUT2D eigenvalue weighted by Gasteiger charge is -2.23. The van der Waals surface area contributed by atoms with E-state index in [9.17, 15) is 24.6 Å². The van der Waals surface area contributed by atoms with Gasteiger partial charge in [0.25, 0.3) is 0 Å². The summed E-state index contributed by atoms with van der Waals surface area (Å²) in [5.74, 6) is 0.0367. The number of rotatable bonds is 14. The first kappa shape index (κ1) is 26.6. The van der Waals surface area contributed by atoms with Crippen molar-refractivity contribution >= 4 is 23.4 Å². The summed E-state index contributed by atoms with van der Waals surface area (Å²) >= 11 is 1.48. The SMILES string of the molecule is CCOC(=O)CCCCCC[C@@H]1C(CC[C@@H](O)CSc2ccc(F)cc2)/C(=N\O)C[C@@H]1O. The van der Waals surface area contributed by atoms with Crippen LogP contribution in [0, 0.1) is 17.7 Å². The number of halogens is 1. The molecule has 1 aliphatic rings. The number of ether oxygens (including phenoxy) is 1. The van der Waals surface area contributed by atoms with Crippen LogP contribution >= 0.6 is 11.8 Å². The van der Waals surface area contributed by atoms with Crippen molar-refractivity contribution in [2.24, 2.45) is 17.0 Å². The third-order valence-corrected chi connectivity index (χ3v) is 7.18. The van der Waals surface area contributed by atoms with Gasteiger partial charge in [0.2, 0.25) is 0 Å². The second-order valence-corrected chi connectivity index (χ2v) is 9.48. The van der Waals surface area contributed by atoms with E-state index in [4.69, 9.17) is 4.74 Å². The largest absolute Gasteiger partial charge is 0.466 e. The third kappa shape index (κ3) is 9.08. The topological polar surface area (TPSA) is 99.4 Å². The molecular weight excluding hydrogens is 433 g/mol. The number of benzene rings is 1. The van der Waals surface area contributed by atoms with E-state index < -0.39 is 12.2 Å². The Morgan fingerprint density at radius 3 is 2.62 bits per heavy atom. The van der Waals surface area contributed by atoms with E-state index in [1.165, 1.54) is 23.9 Å². The van der Waals surface area contributed by atoms with Crippen molar-refractivity contribution in [2.75, 3.05) is 12.4 Å². The first-order valence-electron chi connectivity index (χ1n) is 11.6. The van der Waals surface area contributed by atoms with Crippen LogP contribution < -0.4 is 0 Å². The van der Waals surface area contributed by atoms with Crippen LogP contribution in [0.5, 0.6) is 0 Å². The summed E-state index contributed by atoms with van der Waals surface area (Å²) in [5, 5.41) is 33.7. The molecule has 0 radical (unpaired) electrons. The van der Waals surface area contributed by atoms with Gasteiger partial charge in [0, 0.05) is 29.4 Å². The molecule has 0 saturated heterocycles. The molecule has 0 heterocycles. The molecule has 0 aromatic heterocycles. The highest BCUT2D eigenvalue weighted by Crippen LogP contribution is 2.37. The van der Waals surface area contributed by atoms with Gasteiger partial charge in [-0.15, -0.1) is 11.8 Å². The number of thioether (sulfide) groups is 1. The van der Waals surface area contributed by atoms with E-state index in [1.54, 1.807) is 19.1 Å². The zero-order chi connectivity index (χ0) is 23.3. The highest BCUT2D eigenvalue weighted by molar-refractivity contribution is 7.99. The van der Waals surface area contributed by atoms with Crippen LogP contribution in [0.2, 0.25) is 0 Å². The van der Waals surface area contributed by atoms with Gasteiger partial charge in [0.1, 0.15) is 5.82 Å². The number of esters is 1. The van der Waals surface area contributed by atoms with Crippen molar-refractivity contribution in [3.05, 3.63) is 30.1 Å².